The summed E-state index contributed by atoms with van der Waals surface area (Å²) in [7, 11) is 0. The average molecular weight is 311 g/mol. The predicted molar refractivity (Wildman–Crippen MR) is 95.2 cm³/mol. The lowest BCUT2D eigenvalue weighted by atomic mass is 9.86. The van der Waals surface area contributed by atoms with Crippen molar-refractivity contribution < 1.29 is 9.53 Å². The summed E-state index contributed by atoms with van der Waals surface area (Å²) in [5, 5.41) is 2.95. The van der Waals surface area contributed by atoms with Crippen LogP contribution in [0, 0.1) is 13.8 Å². The number of carbonyl (C=O) groups excluding carboxylic acids is 1. The molecule has 1 N–H and O–H groups in total. The van der Waals surface area contributed by atoms with Gasteiger partial charge in [0.15, 0.2) is 6.61 Å². The lowest BCUT2D eigenvalue weighted by molar-refractivity contribution is -0.118. The van der Waals surface area contributed by atoms with Gasteiger partial charge in [0.25, 0.3) is 5.91 Å². The molecule has 3 nitrogen and oxygen atoms in total. The zero-order chi connectivity index (χ0) is 17.0. The monoisotopic (exact) mass is 311 g/mol. The Morgan fingerprint density at radius 3 is 2.43 bits per heavy atom. The second kappa shape index (κ2) is 6.86. The molecule has 0 spiro atoms. The van der Waals surface area contributed by atoms with Crippen LogP contribution in [-0.4, -0.2) is 12.5 Å². The van der Waals surface area contributed by atoms with Gasteiger partial charge in [0.2, 0.25) is 0 Å². The third-order valence-corrected chi connectivity index (χ3v) is 3.70. The summed E-state index contributed by atoms with van der Waals surface area (Å²) < 4.78 is 5.64. The Morgan fingerprint density at radius 1 is 1.09 bits per heavy atom. The van der Waals surface area contributed by atoms with Crippen LogP contribution in [0.3, 0.4) is 0 Å². The third-order valence-electron chi connectivity index (χ3n) is 3.70. The normalized spacial score (nSPS) is 11.2. The first-order valence-electron chi connectivity index (χ1n) is 7.87. The van der Waals surface area contributed by atoms with Gasteiger partial charge >= 0.3 is 0 Å². The molecule has 1 amide bonds. The summed E-state index contributed by atoms with van der Waals surface area (Å²) in [6, 6.07) is 13.8. The van der Waals surface area contributed by atoms with Gasteiger partial charge in [-0.1, -0.05) is 56.7 Å². The zero-order valence-corrected chi connectivity index (χ0v) is 14.6. The van der Waals surface area contributed by atoms with Gasteiger partial charge in [0.1, 0.15) is 5.75 Å². The lowest BCUT2D eigenvalue weighted by Gasteiger charge is -2.23. The van der Waals surface area contributed by atoms with Crippen LogP contribution in [0.2, 0.25) is 0 Å². The molecule has 0 heterocycles. The summed E-state index contributed by atoms with van der Waals surface area (Å²) in [6.45, 7) is 10.4. The molecule has 23 heavy (non-hydrogen) atoms. The quantitative estimate of drug-likeness (QED) is 0.895. The van der Waals surface area contributed by atoms with Crippen LogP contribution in [-0.2, 0) is 10.2 Å². The van der Waals surface area contributed by atoms with Crippen molar-refractivity contribution >= 4 is 11.6 Å². The number of carbonyl (C=O) groups is 1. The number of para-hydroxylation sites is 1. The molecular formula is C20H25NO2. The molecule has 0 aromatic heterocycles. The Labute approximate surface area is 138 Å². The van der Waals surface area contributed by atoms with Crippen LogP contribution in [0.1, 0.15) is 37.5 Å². The first-order chi connectivity index (χ1) is 10.8. The first-order valence-corrected chi connectivity index (χ1v) is 7.87. The fourth-order valence-electron chi connectivity index (χ4n) is 2.54. The van der Waals surface area contributed by atoms with E-state index in [1.54, 1.807) is 0 Å². The van der Waals surface area contributed by atoms with E-state index in [1.807, 2.05) is 56.3 Å². The Hall–Kier alpha value is -2.29. The highest BCUT2D eigenvalue weighted by Crippen LogP contribution is 2.29. The molecule has 3 heteroatoms. The number of amides is 1. The second-order valence-electron chi connectivity index (χ2n) is 6.90. The molecular weight excluding hydrogens is 286 g/mol. The number of hydrogen-bond acceptors (Lipinski definition) is 2. The van der Waals surface area contributed by atoms with Gasteiger partial charge in [-0.3, -0.25) is 4.79 Å². The minimum Gasteiger partial charge on any atom is -0.483 e. The summed E-state index contributed by atoms with van der Waals surface area (Å²) in [5.74, 6) is 0.594. The number of benzene rings is 2. The van der Waals surface area contributed by atoms with Gasteiger partial charge in [0.05, 0.1) is 0 Å². The molecule has 2 aromatic rings. The number of nitrogens with one attached hydrogen (secondary N) is 1. The highest BCUT2D eigenvalue weighted by Gasteiger charge is 2.18. The van der Waals surface area contributed by atoms with Crippen LogP contribution in [0.5, 0.6) is 5.75 Å². The third kappa shape index (κ3) is 4.59. The number of hydrogen-bond donors (Lipinski definition) is 1. The summed E-state index contributed by atoms with van der Waals surface area (Å²) in [4.78, 5) is 12.2. The van der Waals surface area contributed by atoms with Crippen molar-refractivity contribution in [2.75, 3.05) is 11.9 Å². The van der Waals surface area contributed by atoms with E-state index >= 15 is 0 Å². The number of aryl methyl sites for hydroxylation is 2. The molecule has 0 saturated carbocycles. The van der Waals surface area contributed by atoms with E-state index in [-0.39, 0.29) is 17.9 Å². The Morgan fingerprint density at radius 2 is 1.78 bits per heavy atom. The summed E-state index contributed by atoms with van der Waals surface area (Å²) in [5.41, 5.74) is 4.14. The van der Waals surface area contributed by atoms with Crippen molar-refractivity contribution in [3.63, 3.8) is 0 Å². The minimum absolute atomic E-state index is 0.00236. The smallest absolute Gasteiger partial charge is 0.262 e. The molecule has 122 valence electrons. The van der Waals surface area contributed by atoms with Crippen molar-refractivity contribution in [2.45, 2.75) is 40.0 Å². The van der Waals surface area contributed by atoms with Gasteiger partial charge in [-0.05, 0) is 42.5 Å². The van der Waals surface area contributed by atoms with Crippen LogP contribution in [0.4, 0.5) is 5.69 Å². The van der Waals surface area contributed by atoms with Crippen molar-refractivity contribution in [3.05, 3.63) is 59.2 Å². The number of rotatable bonds is 4. The van der Waals surface area contributed by atoms with E-state index in [4.69, 9.17) is 4.74 Å². The fraction of sp³-hybridized carbons (Fsp3) is 0.350. The average Bonchev–Trinajstić information content (AvgIpc) is 2.46. The second-order valence-corrected chi connectivity index (χ2v) is 6.90. The molecule has 0 fully saturated rings. The topological polar surface area (TPSA) is 38.3 Å². The molecule has 0 aliphatic heterocycles. The highest BCUT2D eigenvalue weighted by molar-refractivity contribution is 5.92. The minimum atomic E-state index is -0.151. The lowest BCUT2D eigenvalue weighted by Crippen LogP contribution is -2.23. The Balaban J connectivity index is 2.03. The van der Waals surface area contributed by atoms with Crippen molar-refractivity contribution in [2.24, 2.45) is 0 Å². The summed E-state index contributed by atoms with van der Waals surface area (Å²) in [6.07, 6.45) is 0. The fourth-order valence-corrected chi connectivity index (χ4v) is 2.54. The van der Waals surface area contributed by atoms with Gasteiger partial charge < -0.3 is 10.1 Å². The molecule has 0 unspecified atom stereocenters. The Kier molecular flexibility index (Phi) is 5.09. The van der Waals surface area contributed by atoms with Gasteiger partial charge in [-0.25, -0.2) is 0 Å². The highest BCUT2D eigenvalue weighted by atomic mass is 16.5. The van der Waals surface area contributed by atoms with E-state index < -0.39 is 0 Å². The van der Waals surface area contributed by atoms with Crippen LogP contribution in [0.15, 0.2) is 42.5 Å². The molecule has 2 rings (SSSR count). The van der Waals surface area contributed by atoms with Crippen LogP contribution in [0.25, 0.3) is 0 Å². The SMILES string of the molecule is Cc1ccc(OCC(=O)Nc2ccccc2C(C)(C)C)c(C)c1. The zero-order valence-electron chi connectivity index (χ0n) is 14.6. The molecule has 0 bridgehead atoms. The molecule has 0 aliphatic carbocycles. The van der Waals surface area contributed by atoms with Gasteiger partial charge in [-0.2, -0.15) is 0 Å². The largest absolute Gasteiger partial charge is 0.483 e. The van der Waals surface area contributed by atoms with E-state index in [1.165, 1.54) is 5.56 Å². The molecule has 0 saturated heterocycles. The Bertz CT molecular complexity index is 699. The standard InChI is InChI=1S/C20H25NO2/c1-14-10-11-18(15(2)12-14)23-13-19(22)21-17-9-7-6-8-16(17)20(3,4)5/h6-12H,13H2,1-5H3,(H,21,22). The van der Waals surface area contributed by atoms with Crippen LogP contribution >= 0.6 is 0 Å². The molecule has 0 aliphatic rings. The van der Waals surface area contributed by atoms with E-state index in [2.05, 4.69) is 26.1 Å². The van der Waals surface area contributed by atoms with Crippen molar-refractivity contribution in [1.82, 2.24) is 0 Å². The first kappa shape index (κ1) is 17.1. The van der Waals surface area contributed by atoms with Gasteiger partial charge in [-0.15, -0.1) is 0 Å². The molecule has 2 aromatic carbocycles. The van der Waals surface area contributed by atoms with E-state index in [9.17, 15) is 4.79 Å². The van der Waals surface area contributed by atoms with Crippen LogP contribution < -0.4 is 10.1 Å². The number of anilines is 1. The maximum atomic E-state index is 12.2. The van der Waals surface area contributed by atoms with E-state index in [0.717, 1.165) is 22.6 Å². The molecule has 0 atom stereocenters. The molecule has 0 radical (unpaired) electrons. The predicted octanol–water partition coefficient (Wildman–Crippen LogP) is 4.62. The van der Waals surface area contributed by atoms with Gasteiger partial charge in [0, 0.05) is 5.69 Å². The number of ether oxygens (including phenoxy) is 1. The maximum absolute atomic E-state index is 12.2. The summed E-state index contributed by atoms with van der Waals surface area (Å²) >= 11 is 0. The van der Waals surface area contributed by atoms with Crippen molar-refractivity contribution in [1.29, 1.82) is 0 Å². The maximum Gasteiger partial charge on any atom is 0.262 e. The van der Waals surface area contributed by atoms with Crippen molar-refractivity contribution in [3.8, 4) is 5.75 Å². The van der Waals surface area contributed by atoms with E-state index in [0.29, 0.717) is 0 Å².